The third kappa shape index (κ3) is 9.49. The zero-order chi connectivity index (χ0) is 41.3. The Hall–Kier alpha value is -4.19. The topological polar surface area (TPSA) is 117 Å². The minimum Gasteiger partial charge on any atom is -0.489 e. The molecule has 0 heterocycles. The van der Waals surface area contributed by atoms with Gasteiger partial charge in [0.1, 0.15) is 18.2 Å². The standard InChI is InChI=1S/C39H39ClF6N2O7S/c1-39(2,3)26-14-21(13-25(15-26)22-5-6-22)18-48(29-10-8-23(38(50)51)16-30(29)55-12-11-54-4)31(49)20-47(19-24-7-9-27(41)17-28(24)40)56(52,53)37-35(45)33(43)32(42)34(44)36(37)46/h7-10,13-17,22,38,50-51H,5-6,11-12,18-20H2,1-4H3. The molecule has 1 amide bonds. The van der Waals surface area contributed by atoms with Crippen LogP contribution in [0.15, 0.2) is 59.5 Å². The molecule has 1 saturated carbocycles. The number of aliphatic hydroxyl groups excluding tert-OH is 1. The SMILES string of the molecule is COCCOc1cc(C(O)O)ccc1N(Cc1cc(C2CC2)cc(C(C)(C)C)c1)C(=O)CN(Cc1ccc(F)cc1Cl)S(=O)(=O)c1c(F)c(F)c(F)c(F)c1F. The second-order valence-corrected chi connectivity index (χ2v) is 16.6. The molecular weight excluding hydrogens is 790 g/mol. The zero-order valence-corrected chi connectivity index (χ0v) is 32.3. The lowest BCUT2D eigenvalue weighted by Crippen LogP contribution is -2.43. The molecule has 0 unspecified atom stereocenters. The number of anilines is 1. The highest BCUT2D eigenvalue weighted by Crippen LogP contribution is 2.42. The predicted molar refractivity (Wildman–Crippen MR) is 195 cm³/mol. The Labute approximate surface area is 325 Å². The molecule has 4 aromatic rings. The van der Waals surface area contributed by atoms with Crippen molar-refractivity contribution in [2.45, 2.75) is 69.2 Å². The second kappa shape index (κ2) is 17.1. The minimum absolute atomic E-state index is 0.0157. The molecular formula is C39H39ClF6N2O7S. The first-order chi connectivity index (χ1) is 26.2. The highest BCUT2D eigenvalue weighted by molar-refractivity contribution is 7.89. The monoisotopic (exact) mass is 828 g/mol. The van der Waals surface area contributed by atoms with Gasteiger partial charge in [-0.15, -0.1) is 0 Å². The van der Waals surface area contributed by atoms with E-state index >= 15 is 8.78 Å². The predicted octanol–water partition coefficient (Wildman–Crippen LogP) is 7.78. The van der Waals surface area contributed by atoms with Gasteiger partial charge in [0, 0.05) is 24.2 Å². The fourth-order valence-electron chi connectivity index (χ4n) is 5.89. The maximum atomic E-state index is 15.2. The summed E-state index contributed by atoms with van der Waals surface area (Å²) in [6.45, 7) is 3.41. The van der Waals surface area contributed by atoms with Gasteiger partial charge in [-0.05, 0) is 70.7 Å². The van der Waals surface area contributed by atoms with Crippen molar-refractivity contribution in [2.75, 3.05) is 31.8 Å². The summed E-state index contributed by atoms with van der Waals surface area (Å²) in [5, 5.41) is 19.5. The molecule has 0 radical (unpaired) electrons. The van der Waals surface area contributed by atoms with Crippen LogP contribution >= 0.6 is 11.6 Å². The lowest BCUT2D eigenvalue weighted by Gasteiger charge is -2.30. The molecule has 0 saturated heterocycles. The van der Waals surface area contributed by atoms with E-state index in [9.17, 15) is 41.0 Å². The lowest BCUT2D eigenvalue weighted by atomic mass is 9.84. The van der Waals surface area contributed by atoms with Crippen molar-refractivity contribution in [3.05, 3.63) is 122 Å². The van der Waals surface area contributed by atoms with Crippen molar-refractivity contribution in [3.63, 3.8) is 0 Å². The molecule has 0 aromatic heterocycles. The van der Waals surface area contributed by atoms with Crippen LogP contribution in [0.3, 0.4) is 0 Å². The molecule has 1 aliphatic carbocycles. The zero-order valence-electron chi connectivity index (χ0n) is 30.7. The molecule has 0 aliphatic heterocycles. The number of hydrogen-bond acceptors (Lipinski definition) is 7. The van der Waals surface area contributed by atoms with Gasteiger partial charge in [0.15, 0.2) is 34.5 Å². The van der Waals surface area contributed by atoms with Gasteiger partial charge in [0.2, 0.25) is 21.7 Å². The maximum absolute atomic E-state index is 15.2. The van der Waals surface area contributed by atoms with Gasteiger partial charge in [-0.25, -0.2) is 34.8 Å². The van der Waals surface area contributed by atoms with E-state index in [4.69, 9.17) is 21.1 Å². The first-order valence-electron chi connectivity index (χ1n) is 17.3. The van der Waals surface area contributed by atoms with E-state index in [-0.39, 0.29) is 63.0 Å². The summed E-state index contributed by atoms with van der Waals surface area (Å²) < 4.78 is 126. The Balaban J connectivity index is 1.69. The van der Waals surface area contributed by atoms with Gasteiger partial charge in [-0.2, -0.15) is 4.31 Å². The Morgan fingerprint density at radius 1 is 0.875 bits per heavy atom. The van der Waals surface area contributed by atoms with Gasteiger partial charge < -0.3 is 24.6 Å². The molecule has 56 heavy (non-hydrogen) atoms. The van der Waals surface area contributed by atoms with Crippen molar-refractivity contribution < 1.29 is 59.2 Å². The average molecular weight is 829 g/mol. The molecule has 4 aromatic carbocycles. The maximum Gasteiger partial charge on any atom is 0.249 e. The van der Waals surface area contributed by atoms with Crippen molar-refractivity contribution >= 4 is 33.2 Å². The smallest absolute Gasteiger partial charge is 0.249 e. The first-order valence-corrected chi connectivity index (χ1v) is 19.1. The number of ether oxygens (including phenoxy) is 2. The van der Waals surface area contributed by atoms with Crippen molar-refractivity contribution in [2.24, 2.45) is 0 Å². The largest absolute Gasteiger partial charge is 0.489 e. The summed E-state index contributed by atoms with van der Waals surface area (Å²) in [5.74, 6) is -14.7. The number of aliphatic hydroxyl groups is 2. The Bertz CT molecular complexity index is 2200. The number of benzene rings is 4. The molecule has 1 aliphatic rings. The number of sulfonamides is 1. The summed E-state index contributed by atoms with van der Waals surface area (Å²) in [7, 11) is -4.39. The minimum atomic E-state index is -5.79. The van der Waals surface area contributed by atoms with E-state index in [1.807, 2.05) is 32.9 Å². The van der Waals surface area contributed by atoms with Crippen LogP contribution in [0.25, 0.3) is 0 Å². The Morgan fingerprint density at radius 2 is 1.52 bits per heavy atom. The van der Waals surface area contributed by atoms with Crippen LogP contribution in [0.1, 0.15) is 73.6 Å². The highest BCUT2D eigenvalue weighted by atomic mass is 35.5. The Morgan fingerprint density at radius 3 is 2.09 bits per heavy atom. The third-order valence-corrected chi connectivity index (χ3v) is 11.3. The molecule has 0 spiro atoms. The van der Waals surface area contributed by atoms with E-state index in [0.717, 1.165) is 47.1 Å². The number of halogens is 7. The lowest BCUT2D eigenvalue weighted by molar-refractivity contribution is -0.119. The number of methoxy groups -OCH3 is 1. The van der Waals surface area contributed by atoms with Crippen molar-refractivity contribution in [1.29, 1.82) is 0 Å². The van der Waals surface area contributed by atoms with Crippen LogP contribution < -0.4 is 9.64 Å². The van der Waals surface area contributed by atoms with Gasteiger partial charge in [0.05, 0.1) is 25.4 Å². The fraction of sp³-hybridized carbons (Fsp3) is 0.359. The number of hydrogen-bond donors (Lipinski definition) is 2. The molecule has 0 atom stereocenters. The van der Waals surface area contributed by atoms with E-state index in [2.05, 4.69) is 6.07 Å². The van der Waals surface area contributed by atoms with Crippen LogP contribution in [0.4, 0.5) is 32.0 Å². The molecule has 17 heteroatoms. The summed E-state index contributed by atoms with van der Waals surface area (Å²) in [6.07, 6.45) is -0.0895. The Kier molecular flexibility index (Phi) is 13.1. The van der Waals surface area contributed by atoms with E-state index in [0.29, 0.717) is 5.56 Å². The summed E-state index contributed by atoms with van der Waals surface area (Å²) in [5.41, 5.74) is 1.90. The van der Waals surface area contributed by atoms with Crippen LogP contribution in [-0.2, 0) is 38.1 Å². The molecule has 302 valence electrons. The van der Waals surface area contributed by atoms with Gasteiger partial charge in [-0.1, -0.05) is 62.7 Å². The van der Waals surface area contributed by atoms with E-state index in [1.165, 1.54) is 25.3 Å². The van der Waals surface area contributed by atoms with Gasteiger partial charge in [0.25, 0.3) is 0 Å². The average Bonchev–Trinajstić information content (AvgIpc) is 3.98. The molecule has 5 rings (SSSR count). The van der Waals surface area contributed by atoms with Crippen LogP contribution in [0.5, 0.6) is 5.75 Å². The van der Waals surface area contributed by atoms with Crippen molar-refractivity contribution in [1.82, 2.24) is 4.31 Å². The summed E-state index contributed by atoms with van der Waals surface area (Å²) >= 11 is 6.18. The highest BCUT2D eigenvalue weighted by Gasteiger charge is 2.39. The summed E-state index contributed by atoms with van der Waals surface area (Å²) in [4.78, 5) is 13.6. The quantitative estimate of drug-likeness (QED) is 0.0414. The third-order valence-electron chi connectivity index (χ3n) is 9.13. The fourth-order valence-corrected chi connectivity index (χ4v) is 7.60. The summed E-state index contributed by atoms with van der Waals surface area (Å²) in [6, 6.07) is 12.3. The van der Waals surface area contributed by atoms with Gasteiger partial charge >= 0.3 is 0 Å². The van der Waals surface area contributed by atoms with Crippen LogP contribution in [0.2, 0.25) is 5.02 Å². The van der Waals surface area contributed by atoms with Crippen molar-refractivity contribution in [3.8, 4) is 5.75 Å². The molecule has 1 fully saturated rings. The number of nitrogens with zero attached hydrogens (tertiary/aromatic N) is 2. The first kappa shape index (κ1) is 42.9. The second-order valence-electron chi connectivity index (χ2n) is 14.3. The van der Waals surface area contributed by atoms with E-state index in [1.54, 1.807) is 0 Å². The van der Waals surface area contributed by atoms with Crippen LogP contribution in [-0.4, -0.2) is 55.7 Å². The number of carbonyl (C=O) groups is 1. The molecule has 0 bridgehead atoms. The van der Waals surface area contributed by atoms with Gasteiger partial charge in [-0.3, -0.25) is 4.79 Å². The normalized spacial score (nSPS) is 13.5. The van der Waals surface area contributed by atoms with Crippen LogP contribution in [0, 0.1) is 34.9 Å². The number of carbonyl (C=O) groups excluding carboxylic acids is 1. The molecule has 2 N–H and O–H groups in total. The number of amides is 1. The van der Waals surface area contributed by atoms with E-state index < -0.39 is 75.1 Å². The number of rotatable bonds is 15. The molecule has 9 nitrogen and oxygen atoms in total.